The molecule has 0 saturated carbocycles. The van der Waals surface area contributed by atoms with E-state index >= 15 is 0 Å². The maximum atomic E-state index is 5.89. The average Bonchev–Trinajstić information content (AvgIpc) is 2.81. The van der Waals surface area contributed by atoms with E-state index in [9.17, 15) is 0 Å². The molecule has 0 saturated heterocycles. The molecule has 2 heterocycles. The number of hydrogen-bond donors (Lipinski definition) is 1. The van der Waals surface area contributed by atoms with E-state index in [4.69, 9.17) is 5.73 Å². The molecule has 0 amide bonds. The van der Waals surface area contributed by atoms with E-state index in [0.29, 0.717) is 0 Å². The third kappa shape index (κ3) is 2.78. The fourth-order valence-corrected chi connectivity index (χ4v) is 3.77. The number of hydrogen-bond acceptors (Lipinski definition) is 5. The van der Waals surface area contributed by atoms with Gasteiger partial charge in [0.1, 0.15) is 5.03 Å². The Kier molecular flexibility index (Phi) is 3.50. The van der Waals surface area contributed by atoms with Crippen LogP contribution < -0.4 is 5.73 Å². The first-order valence-electron chi connectivity index (χ1n) is 5.97. The third-order valence-corrected chi connectivity index (χ3v) is 4.78. The number of aromatic nitrogens is 2. The second-order valence-electron chi connectivity index (χ2n) is 4.27. The van der Waals surface area contributed by atoms with E-state index in [0.717, 1.165) is 20.4 Å². The highest BCUT2D eigenvalue weighted by Gasteiger charge is 2.07. The lowest BCUT2D eigenvalue weighted by atomic mass is 10.1. The molecule has 2 aromatic heterocycles. The van der Waals surface area contributed by atoms with Crippen molar-refractivity contribution in [3.05, 3.63) is 48.2 Å². The second kappa shape index (κ2) is 5.28. The molecule has 0 fully saturated rings. The molecule has 0 bridgehead atoms. The third-order valence-electron chi connectivity index (χ3n) is 2.75. The van der Waals surface area contributed by atoms with Gasteiger partial charge in [0.2, 0.25) is 0 Å². The van der Waals surface area contributed by atoms with Crippen molar-refractivity contribution < 1.29 is 0 Å². The molecule has 3 aromatic rings. The van der Waals surface area contributed by atoms with Crippen LogP contribution in [0.25, 0.3) is 10.2 Å². The fraction of sp³-hybridized carbons (Fsp3) is 0.143. The van der Waals surface area contributed by atoms with Crippen molar-refractivity contribution in [3.63, 3.8) is 0 Å². The van der Waals surface area contributed by atoms with Gasteiger partial charge in [-0.05, 0) is 48.5 Å². The van der Waals surface area contributed by atoms with Gasteiger partial charge in [-0.1, -0.05) is 12.1 Å². The van der Waals surface area contributed by atoms with Gasteiger partial charge in [0.15, 0.2) is 4.34 Å². The first kappa shape index (κ1) is 12.6. The normalized spacial score (nSPS) is 12.7. The minimum atomic E-state index is 0.0257. The Morgan fingerprint density at radius 1 is 1.26 bits per heavy atom. The van der Waals surface area contributed by atoms with E-state index in [1.54, 1.807) is 29.3 Å². The minimum absolute atomic E-state index is 0.0257. The lowest BCUT2D eigenvalue weighted by molar-refractivity contribution is 0.808. The zero-order chi connectivity index (χ0) is 13.2. The summed E-state index contributed by atoms with van der Waals surface area (Å²) in [4.78, 5) is 8.95. The summed E-state index contributed by atoms with van der Waals surface area (Å²) in [6.07, 6.45) is 1.80. The van der Waals surface area contributed by atoms with Crippen LogP contribution in [0.5, 0.6) is 0 Å². The van der Waals surface area contributed by atoms with Crippen molar-refractivity contribution in [3.8, 4) is 0 Å². The summed E-state index contributed by atoms with van der Waals surface area (Å²) < 4.78 is 2.21. The summed E-state index contributed by atoms with van der Waals surface area (Å²) in [7, 11) is 0. The molecule has 19 heavy (non-hydrogen) atoms. The number of para-hydroxylation sites is 1. The van der Waals surface area contributed by atoms with Crippen LogP contribution in [0.3, 0.4) is 0 Å². The Morgan fingerprint density at radius 3 is 2.89 bits per heavy atom. The summed E-state index contributed by atoms with van der Waals surface area (Å²) in [5.41, 5.74) is 8.02. The predicted octanol–water partition coefficient (Wildman–Crippen LogP) is 3.86. The van der Waals surface area contributed by atoms with Gasteiger partial charge < -0.3 is 5.73 Å². The van der Waals surface area contributed by atoms with Crippen molar-refractivity contribution in [2.75, 3.05) is 0 Å². The first-order valence-corrected chi connectivity index (χ1v) is 7.60. The van der Waals surface area contributed by atoms with Gasteiger partial charge in [-0.25, -0.2) is 9.97 Å². The van der Waals surface area contributed by atoms with Gasteiger partial charge in [-0.2, -0.15) is 0 Å². The van der Waals surface area contributed by atoms with Gasteiger partial charge in [0.25, 0.3) is 0 Å². The van der Waals surface area contributed by atoms with Crippen molar-refractivity contribution in [2.45, 2.75) is 22.3 Å². The Morgan fingerprint density at radius 2 is 2.11 bits per heavy atom. The fourth-order valence-electron chi connectivity index (χ4n) is 1.75. The van der Waals surface area contributed by atoms with Crippen LogP contribution in [0.15, 0.2) is 52.0 Å². The van der Waals surface area contributed by atoms with Crippen LogP contribution in [0.2, 0.25) is 0 Å². The largest absolute Gasteiger partial charge is 0.324 e. The van der Waals surface area contributed by atoms with Gasteiger partial charge in [-0.3, -0.25) is 0 Å². The summed E-state index contributed by atoms with van der Waals surface area (Å²) in [5.74, 6) is 0. The molecule has 96 valence electrons. The molecule has 0 aliphatic carbocycles. The van der Waals surface area contributed by atoms with Crippen LogP contribution in [0, 0.1) is 0 Å². The number of rotatable bonds is 3. The van der Waals surface area contributed by atoms with Gasteiger partial charge >= 0.3 is 0 Å². The van der Waals surface area contributed by atoms with Crippen molar-refractivity contribution in [1.82, 2.24) is 9.97 Å². The Labute approximate surface area is 119 Å². The van der Waals surface area contributed by atoms with E-state index in [1.165, 1.54) is 4.70 Å². The molecule has 0 aliphatic heterocycles. The van der Waals surface area contributed by atoms with E-state index in [1.807, 2.05) is 37.3 Å². The quantitative estimate of drug-likeness (QED) is 0.794. The molecule has 3 nitrogen and oxygen atoms in total. The maximum absolute atomic E-state index is 5.89. The molecule has 1 unspecified atom stereocenters. The van der Waals surface area contributed by atoms with Crippen molar-refractivity contribution >= 4 is 33.3 Å². The molecule has 0 spiro atoms. The Bertz CT molecular complexity index is 673. The number of nitrogens with two attached hydrogens (primary N) is 1. The van der Waals surface area contributed by atoms with Gasteiger partial charge in [0, 0.05) is 12.2 Å². The zero-order valence-electron chi connectivity index (χ0n) is 10.4. The molecule has 0 radical (unpaired) electrons. The number of thiazole rings is 1. The summed E-state index contributed by atoms with van der Waals surface area (Å²) in [5, 5.41) is 0.939. The number of pyridine rings is 1. The second-order valence-corrected chi connectivity index (χ2v) is 6.56. The summed E-state index contributed by atoms with van der Waals surface area (Å²) >= 11 is 3.27. The Hall–Kier alpha value is -1.43. The molecule has 0 aliphatic rings. The zero-order valence-corrected chi connectivity index (χ0v) is 12.0. The van der Waals surface area contributed by atoms with Gasteiger partial charge in [-0.15, -0.1) is 11.3 Å². The molecule has 1 atom stereocenters. The highest BCUT2D eigenvalue weighted by molar-refractivity contribution is 8.01. The SMILES string of the molecule is CC(N)c1ccnc(Sc2nc3ccccc3s2)c1. The molecular weight excluding hydrogens is 274 g/mol. The smallest absolute Gasteiger partial charge is 0.157 e. The number of nitrogens with zero attached hydrogens (tertiary/aromatic N) is 2. The lowest BCUT2D eigenvalue weighted by Gasteiger charge is -2.05. The molecule has 3 rings (SSSR count). The monoisotopic (exact) mass is 287 g/mol. The number of fused-ring (bicyclic) bond motifs is 1. The standard InChI is InChI=1S/C14H13N3S2/c1-9(15)10-6-7-16-13(8-10)19-14-17-11-4-2-3-5-12(11)18-14/h2-9H,15H2,1H3. The topological polar surface area (TPSA) is 51.8 Å². The highest BCUT2D eigenvalue weighted by atomic mass is 32.2. The van der Waals surface area contributed by atoms with Crippen molar-refractivity contribution in [2.24, 2.45) is 5.73 Å². The summed E-state index contributed by atoms with van der Waals surface area (Å²) in [6, 6.07) is 12.2. The van der Waals surface area contributed by atoms with E-state index in [2.05, 4.69) is 16.0 Å². The predicted molar refractivity (Wildman–Crippen MR) is 80.6 cm³/mol. The molecule has 2 N–H and O–H groups in total. The van der Waals surface area contributed by atoms with Crippen LogP contribution in [0.4, 0.5) is 0 Å². The van der Waals surface area contributed by atoms with Crippen LogP contribution in [0.1, 0.15) is 18.5 Å². The molecular formula is C14H13N3S2. The van der Waals surface area contributed by atoms with E-state index < -0.39 is 0 Å². The van der Waals surface area contributed by atoms with Crippen LogP contribution in [-0.2, 0) is 0 Å². The minimum Gasteiger partial charge on any atom is -0.324 e. The molecule has 5 heteroatoms. The lowest BCUT2D eigenvalue weighted by Crippen LogP contribution is -2.04. The highest BCUT2D eigenvalue weighted by Crippen LogP contribution is 2.33. The molecule has 1 aromatic carbocycles. The van der Waals surface area contributed by atoms with Crippen LogP contribution >= 0.6 is 23.1 Å². The summed E-state index contributed by atoms with van der Waals surface area (Å²) in [6.45, 7) is 1.97. The Balaban J connectivity index is 1.90. The number of benzene rings is 1. The maximum Gasteiger partial charge on any atom is 0.157 e. The van der Waals surface area contributed by atoms with Gasteiger partial charge in [0.05, 0.1) is 10.2 Å². The van der Waals surface area contributed by atoms with Crippen molar-refractivity contribution in [1.29, 1.82) is 0 Å². The first-order chi connectivity index (χ1) is 9.22. The van der Waals surface area contributed by atoms with E-state index in [-0.39, 0.29) is 6.04 Å². The van der Waals surface area contributed by atoms with Crippen LogP contribution in [-0.4, -0.2) is 9.97 Å². The average molecular weight is 287 g/mol.